The van der Waals surface area contributed by atoms with Crippen LogP contribution in [0.3, 0.4) is 0 Å². The Morgan fingerprint density at radius 1 is 1.00 bits per heavy atom. The molecule has 1 aromatic carbocycles. The van der Waals surface area contributed by atoms with Gasteiger partial charge in [-0.2, -0.15) is 0 Å². The van der Waals surface area contributed by atoms with Crippen LogP contribution >= 0.6 is 9.24 Å². The first-order valence-electron chi connectivity index (χ1n) is 2.41. The maximum atomic E-state index is 2.15. The van der Waals surface area contributed by atoms with Gasteiger partial charge in [-0.05, 0) is 0 Å². The van der Waals surface area contributed by atoms with Crippen molar-refractivity contribution < 1.29 is 0 Å². The van der Waals surface area contributed by atoms with Crippen LogP contribution < -0.4 is 5.30 Å². The van der Waals surface area contributed by atoms with E-state index in [1.54, 1.807) is 0 Å². The van der Waals surface area contributed by atoms with E-state index < -0.39 is 0 Å². The molecule has 0 aliphatic rings. The average molecular weight is 112 g/mol. The molecule has 0 heterocycles. The molecule has 0 aromatic heterocycles. The van der Waals surface area contributed by atoms with Gasteiger partial charge in [0.25, 0.3) is 0 Å². The fraction of sp³-hybridized carbons (Fsp3) is 0. The van der Waals surface area contributed by atoms with Crippen LogP contribution in [-0.2, 0) is 0 Å². The van der Waals surface area contributed by atoms with E-state index in [9.17, 15) is 0 Å². The first kappa shape index (κ1) is 4.80. The van der Waals surface area contributed by atoms with Crippen molar-refractivity contribution in [2.75, 3.05) is 0 Å². The second-order valence-electron chi connectivity index (χ2n) is 1.65. The maximum absolute atomic E-state index is 2.15. The van der Waals surface area contributed by atoms with Crippen LogP contribution in [0.25, 0.3) is 0 Å². The van der Waals surface area contributed by atoms with E-state index >= 15 is 0 Å². The number of rotatable bonds is 0. The van der Waals surface area contributed by atoms with Crippen LogP contribution in [-0.4, -0.2) is 0 Å². The third-order valence-electron chi connectivity index (χ3n) is 0.940. The third-order valence-corrected chi connectivity index (χ3v) is 1.61. The van der Waals surface area contributed by atoms with Crippen LogP contribution in [0.5, 0.6) is 0 Å². The quantitative estimate of drug-likeness (QED) is 0.432. The van der Waals surface area contributed by atoms with E-state index in [4.69, 9.17) is 0 Å². The van der Waals surface area contributed by atoms with Crippen molar-refractivity contribution in [2.24, 2.45) is 0 Å². The predicted octanol–water partition coefficient (Wildman–Crippen LogP) is 0.652. The Labute approximate surface area is 45.8 Å². The first-order valence-corrected chi connectivity index (χ1v) is 3.41. The molecule has 0 amide bonds. The van der Waals surface area contributed by atoms with Crippen molar-refractivity contribution in [3.63, 3.8) is 0 Å². The van der Waals surface area contributed by atoms with Crippen molar-refractivity contribution in [1.82, 2.24) is 0 Å². The minimum absolute atomic E-state index is 1.17. The monoisotopic (exact) mass is 112 g/mol. The van der Waals surface area contributed by atoms with Crippen LogP contribution in [0.15, 0.2) is 30.3 Å². The molecular formula is C6H9P. The van der Waals surface area contributed by atoms with Gasteiger partial charge < -0.3 is 0 Å². The summed E-state index contributed by atoms with van der Waals surface area (Å²) in [6, 6.07) is 10.5. The first-order chi connectivity index (χ1) is 3.39. The molecule has 0 N–H and O–H groups in total. The molecule has 0 aliphatic heterocycles. The van der Waals surface area contributed by atoms with Gasteiger partial charge in [0.1, 0.15) is 0 Å². The zero-order chi connectivity index (χ0) is 5.11. The van der Waals surface area contributed by atoms with Gasteiger partial charge in [-0.1, -0.05) is 0 Å². The molecule has 0 unspecified atom stereocenters. The molecule has 1 rings (SSSR count). The van der Waals surface area contributed by atoms with Crippen LogP contribution in [0.1, 0.15) is 0 Å². The Morgan fingerprint density at radius 3 is 1.86 bits per heavy atom. The predicted molar refractivity (Wildman–Crippen MR) is 38.6 cm³/mol. The Morgan fingerprint density at radius 2 is 1.57 bits per heavy atom. The van der Waals surface area contributed by atoms with Crippen LogP contribution in [0.2, 0.25) is 0 Å². The average Bonchev–Trinajstić information content (AvgIpc) is 1.69. The summed E-state index contributed by atoms with van der Waals surface area (Å²) in [5, 5.41) is 1.46. The SMILES string of the molecule is [PH4]c1ccccc1. The van der Waals surface area contributed by atoms with Gasteiger partial charge in [-0.25, -0.2) is 0 Å². The fourth-order valence-corrected chi connectivity index (χ4v) is 0.919. The summed E-state index contributed by atoms with van der Waals surface area (Å²) < 4.78 is 0. The fourth-order valence-electron chi connectivity index (χ4n) is 0.534. The molecular weight excluding hydrogens is 103 g/mol. The number of hydrogen-bond donors (Lipinski definition) is 0. The second kappa shape index (κ2) is 2.09. The minimum atomic E-state index is 1.17. The van der Waals surface area contributed by atoms with Crippen molar-refractivity contribution in [1.29, 1.82) is 0 Å². The van der Waals surface area contributed by atoms with Gasteiger partial charge in [0.15, 0.2) is 0 Å². The molecule has 0 aliphatic carbocycles. The topological polar surface area (TPSA) is 0 Å². The molecule has 0 saturated heterocycles. The van der Waals surface area contributed by atoms with E-state index in [0.29, 0.717) is 0 Å². The molecule has 0 fully saturated rings. The Bertz CT molecular complexity index is 134. The van der Waals surface area contributed by atoms with Crippen LogP contribution in [0.4, 0.5) is 0 Å². The Hall–Kier alpha value is -0.350. The van der Waals surface area contributed by atoms with E-state index in [1.165, 1.54) is 14.5 Å². The Balaban J connectivity index is 3.02. The van der Waals surface area contributed by atoms with Crippen molar-refractivity contribution in [3.05, 3.63) is 30.3 Å². The summed E-state index contributed by atoms with van der Waals surface area (Å²) in [7, 11) is 1.17. The van der Waals surface area contributed by atoms with Crippen molar-refractivity contribution in [2.45, 2.75) is 0 Å². The normalized spacial score (nSPS) is 8.86. The molecule has 1 heteroatoms. The van der Waals surface area contributed by atoms with Crippen molar-refractivity contribution >= 4 is 14.5 Å². The standard InChI is InChI=1S/C6H9P/c7-6-4-2-1-3-5-6/h1-5H,7H4. The van der Waals surface area contributed by atoms with E-state index in [-0.39, 0.29) is 0 Å². The van der Waals surface area contributed by atoms with Crippen LogP contribution in [0, 0.1) is 0 Å². The molecule has 0 bridgehead atoms. The van der Waals surface area contributed by atoms with E-state index in [1.807, 2.05) is 6.07 Å². The molecule has 1 aromatic rings. The second-order valence-corrected chi connectivity index (χ2v) is 2.81. The summed E-state index contributed by atoms with van der Waals surface area (Å²) >= 11 is 0. The van der Waals surface area contributed by atoms with Crippen molar-refractivity contribution in [3.8, 4) is 0 Å². The molecule has 0 radical (unpaired) electrons. The zero-order valence-electron chi connectivity index (χ0n) is 4.39. The van der Waals surface area contributed by atoms with Gasteiger partial charge in [0.2, 0.25) is 0 Å². The molecule has 0 spiro atoms. The van der Waals surface area contributed by atoms with E-state index in [0.717, 1.165) is 0 Å². The molecule has 38 valence electrons. The van der Waals surface area contributed by atoms with Gasteiger partial charge in [0.05, 0.1) is 0 Å². The summed E-state index contributed by atoms with van der Waals surface area (Å²) in [6.07, 6.45) is 0. The summed E-state index contributed by atoms with van der Waals surface area (Å²) in [4.78, 5) is 0. The molecule has 7 heavy (non-hydrogen) atoms. The number of hydrogen-bond acceptors (Lipinski definition) is 0. The third kappa shape index (κ3) is 1.29. The van der Waals surface area contributed by atoms with Gasteiger partial charge >= 0.3 is 44.9 Å². The summed E-state index contributed by atoms with van der Waals surface area (Å²) in [5.41, 5.74) is 0. The molecule has 0 atom stereocenters. The summed E-state index contributed by atoms with van der Waals surface area (Å²) in [5.74, 6) is 0. The van der Waals surface area contributed by atoms with Gasteiger partial charge in [0, 0.05) is 0 Å². The van der Waals surface area contributed by atoms with Gasteiger partial charge in [-0.3, -0.25) is 0 Å². The summed E-state index contributed by atoms with van der Waals surface area (Å²) in [6.45, 7) is 0. The Kier molecular flexibility index (Phi) is 1.43. The molecule has 0 saturated carbocycles. The number of benzene rings is 1. The zero-order valence-corrected chi connectivity index (χ0v) is 6.39. The van der Waals surface area contributed by atoms with Gasteiger partial charge in [-0.15, -0.1) is 0 Å². The van der Waals surface area contributed by atoms with E-state index in [2.05, 4.69) is 24.3 Å². The molecule has 0 nitrogen and oxygen atoms in total.